The number of amides is 1. The van der Waals surface area contributed by atoms with Gasteiger partial charge in [-0.15, -0.1) is 0 Å². The van der Waals surface area contributed by atoms with E-state index in [9.17, 15) is 10.1 Å². The molecule has 0 bridgehead atoms. The van der Waals surface area contributed by atoms with Crippen molar-refractivity contribution in [3.8, 4) is 6.07 Å². The van der Waals surface area contributed by atoms with Crippen LogP contribution in [0.15, 0.2) is 48.7 Å². The molecule has 1 aliphatic carbocycles. The third kappa shape index (κ3) is 3.44. The van der Waals surface area contributed by atoms with Crippen molar-refractivity contribution in [2.75, 3.05) is 13.1 Å². The second-order valence-corrected chi connectivity index (χ2v) is 10.3. The lowest BCUT2D eigenvalue weighted by Gasteiger charge is -2.39. The van der Waals surface area contributed by atoms with Crippen LogP contribution in [-0.2, 0) is 23.5 Å². The predicted octanol–water partition coefficient (Wildman–Crippen LogP) is 5.65. The molecule has 0 atom stereocenters. The number of hydrogen-bond donors (Lipinski definition) is 0. The lowest BCUT2D eigenvalue weighted by Crippen LogP contribution is -2.45. The van der Waals surface area contributed by atoms with E-state index in [-0.39, 0.29) is 16.9 Å². The van der Waals surface area contributed by atoms with E-state index in [2.05, 4.69) is 34.9 Å². The van der Waals surface area contributed by atoms with Crippen LogP contribution in [0.5, 0.6) is 0 Å². The molecule has 1 spiro atoms. The van der Waals surface area contributed by atoms with Gasteiger partial charge in [-0.3, -0.25) is 4.79 Å². The molecule has 1 saturated carbocycles. The number of nitrogens with zero attached hydrogens (tertiary/aromatic N) is 3. The largest absolute Gasteiger partial charge is 0.365 e. The number of hydrogen-bond acceptors (Lipinski definition) is 3. The van der Waals surface area contributed by atoms with E-state index in [1.54, 1.807) is 0 Å². The van der Waals surface area contributed by atoms with Crippen LogP contribution in [0.3, 0.4) is 0 Å². The molecule has 1 amide bonds. The van der Waals surface area contributed by atoms with E-state index >= 15 is 0 Å². The number of nitriles is 1. The molecule has 3 aliphatic rings. The summed E-state index contributed by atoms with van der Waals surface area (Å²) in [5, 5.41) is 10.8. The zero-order chi connectivity index (χ0) is 22.6. The fourth-order valence-electron chi connectivity index (χ4n) is 5.70. The van der Waals surface area contributed by atoms with Crippen molar-refractivity contribution in [3.63, 3.8) is 0 Å². The van der Waals surface area contributed by atoms with E-state index in [4.69, 9.17) is 16.3 Å². The van der Waals surface area contributed by atoms with Crippen LogP contribution in [0.2, 0.25) is 5.02 Å². The number of carbonyl (C=O) groups excluding carboxylic acids is 1. The maximum atomic E-state index is 13.7. The molecule has 6 rings (SSSR count). The number of benzene rings is 2. The number of aromatic nitrogens is 1. The highest BCUT2D eigenvalue weighted by atomic mass is 35.5. The monoisotopic (exact) mass is 459 g/mol. The highest BCUT2D eigenvalue weighted by Crippen LogP contribution is 2.50. The van der Waals surface area contributed by atoms with Gasteiger partial charge in [0.15, 0.2) is 0 Å². The summed E-state index contributed by atoms with van der Waals surface area (Å²) in [6, 6.07) is 16.5. The Balaban J connectivity index is 1.27. The van der Waals surface area contributed by atoms with Crippen LogP contribution in [0.1, 0.15) is 53.6 Å². The first-order valence-electron chi connectivity index (χ1n) is 11.7. The molecule has 0 radical (unpaired) electrons. The van der Waals surface area contributed by atoms with Crippen LogP contribution in [0.4, 0.5) is 0 Å². The maximum Gasteiger partial charge on any atom is 0.256 e. The van der Waals surface area contributed by atoms with Crippen molar-refractivity contribution in [1.29, 1.82) is 5.26 Å². The van der Waals surface area contributed by atoms with Crippen LogP contribution in [0, 0.1) is 16.7 Å². The molecular weight excluding hydrogens is 434 g/mol. The molecule has 2 fully saturated rings. The predicted molar refractivity (Wildman–Crippen MR) is 127 cm³/mol. The van der Waals surface area contributed by atoms with Crippen LogP contribution < -0.4 is 0 Å². The minimum Gasteiger partial charge on any atom is -0.365 e. The smallest absolute Gasteiger partial charge is 0.256 e. The Morgan fingerprint density at radius 1 is 1.12 bits per heavy atom. The maximum absolute atomic E-state index is 13.7. The molecule has 0 unspecified atom stereocenters. The van der Waals surface area contributed by atoms with Gasteiger partial charge in [0, 0.05) is 48.1 Å². The van der Waals surface area contributed by atoms with Gasteiger partial charge < -0.3 is 14.2 Å². The van der Waals surface area contributed by atoms with Crippen LogP contribution >= 0.6 is 11.6 Å². The number of fused-ring (bicyclic) bond motifs is 3. The molecule has 3 heterocycles. The number of halogens is 1. The summed E-state index contributed by atoms with van der Waals surface area (Å²) < 4.78 is 8.41. The van der Waals surface area contributed by atoms with E-state index in [0.29, 0.717) is 31.1 Å². The first-order chi connectivity index (χ1) is 16.0. The number of carbonyl (C=O) groups is 1. The first-order valence-corrected chi connectivity index (χ1v) is 12.1. The summed E-state index contributed by atoms with van der Waals surface area (Å²) in [6.45, 7) is 2.75. The molecule has 2 aromatic carbocycles. The Labute approximate surface area is 198 Å². The van der Waals surface area contributed by atoms with Crippen molar-refractivity contribution >= 4 is 28.4 Å². The zero-order valence-electron chi connectivity index (χ0n) is 18.5. The van der Waals surface area contributed by atoms with E-state index in [1.807, 2.05) is 29.3 Å². The van der Waals surface area contributed by atoms with Gasteiger partial charge in [0.1, 0.15) is 0 Å². The highest BCUT2D eigenvalue weighted by molar-refractivity contribution is 6.31. The molecule has 0 N–H and O–H groups in total. The Bertz CT molecular complexity index is 1290. The zero-order valence-corrected chi connectivity index (χ0v) is 19.3. The van der Waals surface area contributed by atoms with Crippen molar-refractivity contribution in [3.05, 3.63) is 70.4 Å². The van der Waals surface area contributed by atoms with Gasteiger partial charge in [-0.25, -0.2) is 0 Å². The fraction of sp³-hybridized carbons (Fsp3) is 0.407. The second-order valence-electron chi connectivity index (χ2n) is 9.90. The molecule has 33 heavy (non-hydrogen) atoms. The highest BCUT2D eigenvalue weighted by Gasteiger charge is 2.44. The van der Waals surface area contributed by atoms with Gasteiger partial charge in [-0.2, -0.15) is 5.26 Å². The number of likely N-dealkylation sites (tertiary alicyclic amines) is 1. The Morgan fingerprint density at radius 3 is 2.67 bits per heavy atom. The molecule has 2 aliphatic heterocycles. The molecule has 168 valence electrons. The molecule has 6 heteroatoms. The van der Waals surface area contributed by atoms with Crippen molar-refractivity contribution < 1.29 is 9.53 Å². The van der Waals surface area contributed by atoms with Crippen LogP contribution in [0.25, 0.3) is 10.9 Å². The van der Waals surface area contributed by atoms with Crippen molar-refractivity contribution in [2.45, 2.75) is 50.9 Å². The minimum atomic E-state index is -0.259. The Morgan fingerprint density at radius 2 is 1.91 bits per heavy atom. The summed E-state index contributed by atoms with van der Waals surface area (Å²) >= 11 is 6.31. The standard InChI is InChI=1S/C27H26ClN3O2/c28-20-5-6-21-22(16-31(24(21)15-20)18-26(7-8-26)9-12-29)25(32)30-13-10-27(11-14-30)23-4-2-1-3-19(23)17-33-27/h1-6,15-16H,7-11,13-14,17-18H2. The third-order valence-corrected chi connectivity index (χ3v) is 8.10. The van der Waals surface area contributed by atoms with Gasteiger partial charge in [-0.05, 0) is 48.9 Å². The Kier molecular flexibility index (Phi) is 4.79. The average Bonchev–Trinajstić information content (AvgIpc) is 3.37. The van der Waals surface area contributed by atoms with Gasteiger partial charge >= 0.3 is 0 Å². The summed E-state index contributed by atoms with van der Waals surface area (Å²) in [6.07, 6.45) is 6.26. The SMILES string of the molecule is N#CCC1(Cn2cc(C(=O)N3CCC4(CC3)OCc3ccccc34)c3ccc(Cl)cc32)CC1. The van der Waals surface area contributed by atoms with Gasteiger partial charge in [0.05, 0.1) is 29.4 Å². The molecule has 5 nitrogen and oxygen atoms in total. The third-order valence-electron chi connectivity index (χ3n) is 7.86. The first kappa shape index (κ1) is 20.8. The molecular formula is C27H26ClN3O2. The van der Waals surface area contributed by atoms with Gasteiger partial charge in [0.2, 0.25) is 0 Å². The quantitative estimate of drug-likeness (QED) is 0.506. The molecule has 1 saturated heterocycles. The number of rotatable bonds is 4. The van der Waals surface area contributed by atoms with E-state index in [0.717, 1.165) is 48.7 Å². The normalized spacial score (nSPS) is 20.1. The summed E-state index contributed by atoms with van der Waals surface area (Å²) in [5.74, 6) is 0.0623. The number of ether oxygens (including phenoxy) is 1. The summed E-state index contributed by atoms with van der Waals surface area (Å²) in [7, 11) is 0. The minimum absolute atomic E-state index is 0.0358. The van der Waals surface area contributed by atoms with Crippen LogP contribution in [-0.4, -0.2) is 28.5 Å². The lowest BCUT2D eigenvalue weighted by molar-refractivity contribution is -0.0741. The second kappa shape index (κ2) is 7.62. The lowest BCUT2D eigenvalue weighted by atomic mass is 9.83. The van der Waals surface area contributed by atoms with E-state index in [1.165, 1.54) is 11.1 Å². The average molecular weight is 460 g/mol. The van der Waals surface area contributed by atoms with Gasteiger partial charge in [-0.1, -0.05) is 41.9 Å². The molecule has 3 aromatic rings. The topological polar surface area (TPSA) is 58.3 Å². The Hall–Kier alpha value is -2.81. The van der Waals surface area contributed by atoms with Crippen molar-refractivity contribution in [2.24, 2.45) is 5.41 Å². The van der Waals surface area contributed by atoms with E-state index < -0.39 is 0 Å². The summed E-state index contributed by atoms with van der Waals surface area (Å²) in [5.41, 5.74) is 4.02. The molecule has 1 aromatic heterocycles. The number of piperidine rings is 1. The fourth-order valence-corrected chi connectivity index (χ4v) is 5.87. The van der Waals surface area contributed by atoms with Crippen molar-refractivity contribution in [1.82, 2.24) is 9.47 Å². The summed E-state index contributed by atoms with van der Waals surface area (Å²) in [4.78, 5) is 15.6. The van der Waals surface area contributed by atoms with Gasteiger partial charge in [0.25, 0.3) is 5.91 Å².